The largest absolute Gasteiger partial charge is 2.00 e. The van der Waals surface area contributed by atoms with Gasteiger partial charge in [0.1, 0.15) is 0 Å². The molecule has 0 saturated carbocycles. The Morgan fingerprint density at radius 1 is 1.25 bits per heavy atom. The summed E-state index contributed by atoms with van der Waals surface area (Å²) in [4.78, 5) is 8.36. The van der Waals surface area contributed by atoms with Crippen molar-refractivity contribution in [1.29, 1.82) is 0 Å². The Hall–Kier alpha value is 1.34. The first-order valence-corrected chi connectivity index (χ1v) is 0.565. The molecule has 0 aromatic heterocycles. The van der Waals surface area contributed by atoms with Crippen LogP contribution < -0.4 is 56.6 Å². The summed E-state index contributed by atoms with van der Waals surface area (Å²) in [5.74, 6) is 0. The van der Waals surface area contributed by atoms with Crippen LogP contribution in [0.3, 0.4) is 0 Å². The molecule has 0 heterocycles. The molecule has 0 atom stereocenters. The molecule has 0 aliphatic rings. The Labute approximate surface area is 89.9 Å². The van der Waals surface area contributed by atoms with Crippen LogP contribution in [0.4, 0.5) is 0 Å². The molecule has 4 nitrogen and oxygen atoms in total. The van der Waals surface area contributed by atoms with Gasteiger partial charge in [-0.1, -0.05) is 0 Å². The SMILES string of the molecule is O=[N+]([O-])O.[Li+].[Li+].[Li+].[S-2]. The molecular formula is HLi3NO3S+. The van der Waals surface area contributed by atoms with Gasteiger partial charge >= 0.3 is 56.6 Å². The normalized spacial score (nSPS) is 3.00. The Morgan fingerprint density at radius 3 is 1.25 bits per heavy atom. The molecule has 0 radical (unpaired) electrons. The second-order valence-corrected chi connectivity index (χ2v) is 0.238. The first kappa shape index (κ1) is 34.5. The molecule has 0 aliphatic carbocycles. The first-order chi connectivity index (χ1) is 1.73. The van der Waals surface area contributed by atoms with Crippen molar-refractivity contribution in [1.82, 2.24) is 0 Å². The molecule has 8 heavy (non-hydrogen) atoms. The van der Waals surface area contributed by atoms with E-state index in [0.29, 0.717) is 0 Å². The van der Waals surface area contributed by atoms with Crippen molar-refractivity contribution in [2.75, 3.05) is 0 Å². The number of nitrogens with zero attached hydrogens (tertiary/aromatic N) is 1. The summed E-state index contributed by atoms with van der Waals surface area (Å²) in [5.41, 5.74) is 0. The van der Waals surface area contributed by atoms with Gasteiger partial charge < -0.3 is 18.7 Å². The average molecular weight is 116 g/mol. The Morgan fingerprint density at radius 2 is 1.25 bits per heavy atom. The maximum absolute atomic E-state index is 8.36. The van der Waals surface area contributed by atoms with Crippen LogP contribution in [-0.2, 0) is 13.5 Å². The summed E-state index contributed by atoms with van der Waals surface area (Å²) in [7, 11) is 0. The van der Waals surface area contributed by atoms with Crippen molar-refractivity contribution >= 4 is 13.5 Å². The molecule has 0 saturated heterocycles. The van der Waals surface area contributed by atoms with Crippen LogP contribution in [-0.4, -0.2) is 10.3 Å². The van der Waals surface area contributed by atoms with Gasteiger partial charge in [0.2, 0.25) is 0 Å². The van der Waals surface area contributed by atoms with Crippen molar-refractivity contribution in [3.63, 3.8) is 0 Å². The van der Waals surface area contributed by atoms with E-state index in [1.807, 2.05) is 0 Å². The fourth-order valence-electron chi connectivity index (χ4n) is 0. The molecule has 0 unspecified atom stereocenters. The summed E-state index contributed by atoms with van der Waals surface area (Å²) in [6.07, 6.45) is 0. The molecule has 0 bridgehead atoms. The van der Waals surface area contributed by atoms with Crippen LogP contribution in [0.5, 0.6) is 0 Å². The van der Waals surface area contributed by atoms with Gasteiger partial charge in [-0.2, -0.15) is 0 Å². The molecule has 0 aliphatic heterocycles. The van der Waals surface area contributed by atoms with E-state index in [-0.39, 0.29) is 70.1 Å². The molecule has 1 N–H and O–H groups in total. The average Bonchev–Trinajstić information content (AvgIpc) is 0.811. The Kier molecular flexibility index (Phi) is 103. The zero-order valence-electron chi connectivity index (χ0n) is 5.12. The molecule has 32 valence electrons. The predicted octanol–water partition coefficient (Wildman–Crippen LogP) is -9.34. The first-order valence-electron chi connectivity index (χ1n) is 0.565. The Balaban J connectivity index is -0.00000000750. The van der Waals surface area contributed by atoms with Crippen molar-refractivity contribution in [3.05, 3.63) is 10.1 Å². The van der Waals surface area contributed by atoms with E-state index in [1.165, 1.54) is 0 Å². The van der Waals surface area contributed by atoms with Crippen molar-refractivity contribution in [2.45, 2.75) is 0 Å². The van der Waals surface area contributed by atoms with Gasteiger partial charge in [0.25, 0.3) is 5.09 Å². The topological polar surface area (TPSA) is 63.4 Å². The minimum absolute atomic E-state index is 0. The van der Waals surface area contributed by atoms with Crippen LogP contribution >= 0.6 is 0 Å². The van der Waals surface area contributed by atoms with Gasteiger partial charge in [0, 0.05) is 0 Å². The Bertz CT molecular complexity index is 37.5. The van der Waals surface area contributed by atoms with Crippen LogP contribution in [0.25, 0.3) is 0 Å². The smallest absolute Gasteiger partial charge is 1.00 e. The number of hydrogen-bond acceptors (Lipinski definition) is 2. The van der Waals surface area contributed by atoms with Gasteiger partial charge in [-0.15, -0.1) is 10.1 Å². The van der Waals surface area contributed by atoms with E-state index in [2.05, 4.69) is 0 Å². The molecule has 8 heteroatoms. The molecule has 0 spiro atoms. The number of hydrogen-bond donors (Lipinski definition) is 1. The minimum atomic E-state index is -1.50. The molecule has 0 rings (SSSR count). The van der Waals surface area contributed by atoms with Crippen LogP contribution in [0.2, 0.25) is 0 Å². The summed E-state index contributed by atoms with van der Waals surface area (Å²) in [6.45, 7) is 0. The second-order valence-electron chi connectivity index (χ2n) is 0.238. The van der Waals surface area contributed by atoms with Gasteiger partial charge in [-0.3, -0.25) is 0 Å². The van der Waals surface area contributed by atoms with Crippen molar-refractivity contribution in [3.8, 4) is 0 Å². The fourth-order valence-corrected chi connectivity index (χ4v) is 0. The summed E-state index contributed by atoms with van der Waals surface area (Å²) >= 11 is 0. The molecule has 0 fully saturated rings. The van der Waals surface area contributed by atoms with Crippen LogP contribution in [0, 0.1) is 10.1 Å². The van der Waals surface area contributed by atoms with E-state index in [4.69, 9.17) is 15.3 Å². The third-order valence-electron chi connectivity index (χ3n) is 0. The monoisotopic (exact) mass is 116 g/mol. The van der Waals surface area contributed by atoms with Gasteiger partial charge in [0.15, 0.2) is 0 Å². The summed E-state index contributed by atoms with van der Waals surface area (Å²) in [5, 5.41) is 13.6. The van der Waals surface area contributed by atoms with Crippen LogP contribution in [0.1, 0.15) is 0 Å². The van der Waals surface area contributed by atoms with Gasteiger partial charge in [-0.25, -0.2) is 0 Å². The second kappa shape index (κ2) is 23.9. The van der Waals surface area contributed by atoms with E-state index in [9.17, 15) is 0 Å². The summed E-state index contributed by atoms with van der Waals surface area (Å²) < 4.78 is 0. The molecular weight excluding hydrogens is 115 g/mol. The van der Waals surface area contributed by atoms with Gasteiger partial charge in [0.05, 0.1) is 0 Å². The van der Waals surface area contributed by atoms with E-state index >= 15 is 0 Å². The summed E-state index contributed by atoms with van der Waals surface area (Å²) in [6, 6.07) is 0. The molecule has 0 aromatic carbocycles. The van der Waals surface area contributed by atoms with Gasteiger partial charge in [-0.05, 0) is 0 Å². The van der Waals surface area contributed by atoms with E-state index in [0.717, 1.165) is 0 Å². The minimum Gasteiger partial charge on any atom is -2.00 e. The zero-order valence-corrected chi connectivity index (χ0v) is 5.94. The van der Waals surface area contributed by atoms with E-state index in [1.54, 1.807) is 0 Å². The maximum Gasteiger partial charge on any atom is 1.00 e. The van der Waals surface area contributed by atoms with Crippen molar-refractivity contribution < 1.29 is 66.9 Å². The molecule has 0 aromatic rings. The maximum atomic E-state index is 8.36. The van der Waals surface area contributed by atoms with Crippen molar-refractivity contribution in [2.24, 2.45) is 0 Å². The predicted molar refractivity (Wildman–Crippen MR) is 16.1 cm³/mol. The fraction of sp³-hybridized carbons (Fsp3) is 0. The standard InChI is InChI=1S/3Li.HNO3.S/c;;;2-1(3)4;/h;;;(H,2,3,4);/q3*+1;;-2. The van der Waals surface area contributed by atoms with Crippen LogP contribution in [0.15, 0.2) is 0 Å². The third-order valence-corrected chi connectivity index (χ3v) is 0. The quantitative estimate of drug-likeness (QED) is 0.194. The van der Waals surface area contributed by atoms with E-state index < -0.39 is 5.09 Å². The third kappa shape index (κ3) is 164. The zero-order chi connectivity index (χ0) is 3.58. The number of rotatable bonds is 0. The molecule has 0 amide bonds.